The maximum Gasteiger partial charge on any atom is 0.358 e. The average Bonchev–Trinajstić information content (AvgIpc) is 2.46. The molecule has 1 aromatic heterocycles. The summed E-state index contributed by atoms with van der Waals surface area (Å²) in [6, 6.07) is 2.32. The quantitative estimate of drug-likeness (QED) is 0.799. The van der Waals surface area contributed by atoms with E-state index in [1.54, 1.807) is 0 Å². The minimum absolute atomic E-state index is 0.0608. The van der Waals surface area contributed by atoms with E-state index in [2.05, 4.69) is 4.98 Å². The third-order valence-corrected chi connectivity index (χ3v) is 3.16. The van der Waals surface area contributed by atoms with Crippen molar-refractivity contribution in [3.8, 4) is 22.8 Å². The number of carboxylic acid groups (broad SMARTS) is 1. The number of rotatable bonds is 3. The molecule has 0 aliphatic rings. The van der Waals surface area contributed by atoms with E-state index < -0.39 is 46.0 Å². The van der Waals surface area contributed by atoms with Crippen molar-refractivity contribution in [1.82, 2.24) is 4.98 Å². The number of anilines is 1. The molecule has 0 aliphatic carbocycles. The predicted molar refractivity (Wildman–Crippen MR) is 74.2 cm³/mol. The molecule has 0 fully saturated rings. The van der Waals surface area contributed by atoms with Crippen LogP contribution in [0.3, 0.4) is 0 Å². The predicted octanol–water partition coefficient (Wildman–Crippen LogP) is 2.67. The molecule has 2 aromatic rings. The Balaban J connectivity index is 2.81. The van der Waals surface area contributed by atoms with Gasteiger partial charge in [-0.05, 0) is 12.1 Å². The van der Waals surface area contributed by atoms with Crippen molar-refractivity contribution in [2.45, 2.75) is 0 Å². The molecule has 0 radical (unpaired) electrons. The first-order valence-electron chi connectivity index (χ1n) is 5.73. The molecule has 1 heterocycles. The van der Waals surface area contributed by atoms with Gasteiger partial charge in [0.2, 0.25) is 0 Å². The minimum atomic E-state index is -1.65. The molecule has 116 valence electrons. The number of halogens is 3. The summed E-state index contributed by atoms with van der Waals surface area (Å²) >= 11 is 5.73. The Hall–Kier alpha value is -2.61. The summed E-state index contributed by atoms with van der Waals surface area (Å²) < 4.78 is 33.2. The van der Waals surface area contributed by atoms with E-state index >= 15 is 0 Å². The number of carbonyl (C=O) groups is 1. The van der Waals surface area contributed by atoms with Gasteiger partial charge in [0.05, 0.1) is 12.1 Å². The number of methoxy groups -OCH3 is 1. The van der Waals surface area contributed by atoms with Crippen molar-refractivity contribution in [2.75, 3.05) is 12.8 Å². The van der Waals surface area contributed by atoms with Crippen LogP contribution in [0.15, 0.2) is 12.1 Å². The van der Waals surface area contributed by atoms with E-state index in [-0.39, 0.29) is 10.8 Å². The van der Waals surface area contributed by atoms with Crippen molar-refractivity contribution >= 4 is 23.3 Å². The van der Waals surface area contributed by atoms with Crippen molar-refractivity contribution in [1.29, 1.82) is 0 Å². The molecule has 0 bridgehead atoms. The number of aromatic carboxylic acids is 1. The zero-order valence-electron chi connectivity index (χ0n) is 11.0. The highest BCUT2D eigenvalue weighted by atomic mass is 35.5. The van der Waals surface area contributed by atoms with Gasteiger partial charge < -0.3 is 20.7 Å². The number of benzene rings is 1. The van der Waals surface area contributed by atoms with Crippen LogP contribution in [0, 0.1) is 11.6 Å². The summed E-state index contributed by atoms with van der Waals surface area (Å²) in [5.74, 6) is -5.33. The van der Waals surface area contributed by atoms with Crippen molar-refractivity contribution < 1.29 is 28.5 Å². The topological polar surface area (TPSA) is 106 Å². The summed E-state index contributed by atoms with van der Waals surface area (Å²) in [4.78, 5) is 14.4. The monoisotopic (exact) mass is 330 g/mol. The Kier molecular flexibility index (Phi) is 4.05. The molecular weight excluding hydrogens is 322 g/mol. The molecule has 0 spiro atoms. The lowest BCUT2D eigenvalue weighted by molar-refractivity contribution is 0.0687. The Morgan fingerprint density at radius 1 is 1.36 bits per heavy atom. The fourth-order valence-electron chi connectivity index (χ4n) is 1.80. The second-order valence-electron chi connectivity index (χ2n) is 4.13. The molecule has 0 unspecified atom stereocenters. The summed E-state index contributed by atoms with van der Waals surface area (Å²) in [5.41, 5.74) is 2.46. The van der Waals surface area contributed by atoms with E-state index in [1.165, 1.54) is 6.07 Å². The average molecular weight is 331 g/mol. The summed E-state index contributed by atoms with van der Waals surface area (Å²) in [5, 5.41) is 18.4. The van der Waals surface area contributed by atoms with Crippen LogP contribution in [0.2, 0.25) is 5.02 Å². The number of aromatic nitrogens is 1. The number of hydrogen-bond donors (Lipinski definition) is 3. The lowest BCUT2D eigenvalue weighted by Gasteiger charge is -2.12. The standard InChI is InChI=1S/C13H9ClF2N2O4/c1-22-12-5(14)3-2-4(6(12)15)9-7(16)8(17)11(19)10(18-9)13(20)21/h2-3,19H,1H3,(H2,17,18)(H,20,21). The Bertz CT molecular complexity index is 783. The molecular formula is C13H9ClF2N2O4. The first-order chi connectivity index (χ1) is 10.3. The fraction of sp³-hybridized carbons (Fsp3) is 0.0769. The lowest BCUT2D eigenvalue weighted by Crippen LogP contribution is -2.08. The van der Waals surface area contributed by atoms with Crippen LogP contribution in [-0.4, -0.2) is 28.3 Å². The van der Waals surface area contributed by atoms with Gasteiger partial charge in [-0.25, -0.2) is 18.6 Å². The van der Waals surface area contributed by atoms with Gasteiger partial charge in [-0.15, -0.1) is 0 Å². The Labute approximate surface area is 127 Å². The van der Waals surface area contributed by atoms with Gasteiger partial charge >= 0.3 is 5.97 Å². The van der Waals surface area contributed by atoms with Gasteiger partial charge in [0.1, 0.15) is 11.4 Å². The number of nitrogens with zero attached hydrogens (tertiary/aromatic N) is 1. The number of ether oxygens (including phenoxy) is 1. The van der Waals surface area contributed by atoms with Crippen LogP contribution in [0.5, 0.6) is 11.5 Å². The van der Waals surface area contributed by atoms with Gasteiger partial charge in [-0.1, -0.05) is 11.6 Å². The van der Waals surface area contributed by atoms with Gasteiger partial charge in [-0.3, -0.25) is 0 Å². The summed E-state index contributed by atoms with van der Waals surface area (Å²) in [6.45, 7) is 0. The molecule has 0 amide bonds. The second-order valence-corrected chi connectivity index (χ2v) is 4.54. The molecule has 4 N–H and O–H groups in total. The minimum Gasteiger partial charge on any atom is -0.504 e. The normalized spacial score (nSPS) is 10.5. The van der Waals surface area contributed by atoms with E-state index in [1.807, 2.05) is 0 Å². The number of carboxylic acids is 1. The van der Waals surface area contributed by atoms with E-state index in [4.69, 9.17) is 27.2 Å². The first kappa shape index (κ1) is 15.8. The zero-order valence-corrected chi connectivity index (χ0v) is 11.8. The Morgan fingerprint density at radius 2 is 2.00 bits per heavy atom. The molecule has 2 rings (SSSR count). The maximum atomic E-state index is 14.3. The van der Waals surface area contributed by atoms with Crippen LogP contribution >= 0.6 is 11.6 Å². The van der Waals surface area contributed by atoms with Crippen LogP contribution < -0.4 is 10.5 Å². The molecule has 0 aliphatic heterocycles. The van der Waals surface area contributed by atoms with Gasteiger partial charge in [0.15, 0.2) is 28.8 Å². The number of aromatic hydroxyl groups is 1. The number of hydrogen-bond acceptors (Lipinski definition) is 5. The van der Waals surface area contributed by atoms with Crippen LogP contribution in [0.4, 0.5) is 14.5 Å². The highest BCUT2D eigenvalue weighted by Crippen LogP contribution is 2.38. The molecule has 0 saturated heterocycles. The SMILES string of the molecule is COc1c(Cl)ccc(-c2nc(C(=O)O)c(O)c(N)c2F)c1F. The summed E-state index contributed by atoms with van der Waals surface area (Å²) in [6.07, 6.45) is 0. The zero-order chi connectivity index (χ0) is 16.6. The van der Waals surface area contributed by atoms with Crippen LogP contribution in [-0.2, 0) is 0 Å². The van der Waals surface area contributed by atoms with E-state index in [0.29, 0.717) is 0 Å². The number of pyridine rings is 1. The van der Waals surface area contributed by atoms with E-state index in [9.17, 15) is 18.7 Å². The first-order valence-corrected chi connectivity index (χ1v) is 6.11. The Morgan fingerprint density at radius 3 is 2.55 bits per heavy atom. The smallest absolute Gasteiger partial charge is 0.358 e. The highest BCUT2D eigenvalue weighted by Gasteiger charge is 2.25. The maximum absolute atomic E-state index is 14.3. The number of nitrogens with two attached hydrogens (primary N) is 1. The van der Waals surface area contributed by atoms with Gasteiger partial charge in [-0.2, -0.15) is 0 Å². The van der Waals surface area contributed by atoms with Crippen LogP contribution in [0.25, 0.3) is 11.3 Å². The molecule has 0 atom stereocenters. The van der Waals surface area contributed by atoms with Gasteiger partial charge in [0, 0.05) is 5.56 Å². The van der Waals surface area contributed by atoms with Gasteiger partial charge in [0.25, 0.3) is 0 Å². The fourth-order valence-corrected chi connectivity index (χ4v) is 2.03. The van der Waals surface area contributed by atoms with Crippen molar-refractivity contribution in [3.05, 3.63) is 34.5 Å². The lowest BCUT2D eigenvalue weighted by atomic mass is 10.1. The molecule has 0 saturated carbocycles. The molecule has 6 nitrogen and oxygen atoms in total. The molecule has 22 heavy (non-hydrogen) atoms. The number of nitrogen functional groups attached to an aromatic ring is 1. The van der Waals surface area contributed by atoms with E-state index in [0.717, 1.165) is 13.2 Å². The third kappa shape index (κ3) is 2.37. The summed E-state index contributed by atoms with van der Waals surface area (Å²) in [7, 11) is 1.16. The van der Waals surface area contributed by atoms with Crippen molar-refractivity contribution in [3.63, 3.8) is 0 Å². The second kappa shape index (κ2) is 5.64. The molecule has 9 heteroatoms. The highest BCUT2D eigenvalue weighted by molar-refractivity contribution is 6.32. The van der Waals surface area contributed by atoms with Crippen molar-refractivity contribution in [2.24, 2.45) is 0 Å². The molecule has 1 aromatic carbocycles. The largest absolute Gasteiger partial charge is 0.504 e. The van der Waals surface area contributed by atoms with Crippen LogP contribution in [0.1, 0.15) is 10.5 Å². The third-order valence-electron chi connectivity index (χ3n) is 2.86.